The van der Waals surface area contributed by atoms with Gasteiger partial charge >= 0.3 is 11.3 Å². The summed E-state index contributed by atoms with van der Waals surface area (Å²) >= 11 is 1.20. The van der Waals surface area contributed by atoms with Crippen LogP contribution in [0.3, 0.4) is 0 Å². The maximum atomic E-state index is 12.7. The van der Waals surface area contributed by atoms with Crippen LogP contribution in [0.25, 0.3) is 10.2 Å². The number of H-pyrrole nitrogens is 1. The SMILES string of the molecule is CCc1c(C)nc2sc(C(=O)c3c(=O)o[nH][n+]3C)c(N)c2c1C. The summed E-state index contributed by atoms with van der Waals surface area (Å²) in [5, 5.41) is 3.13. The number of nitrogens with one attached hydrogen (secondary N) is 1. The van der Waals surface area contributed by atoms with Gasteiger partial charge in [0.25, 0.3) is 5.78 Å². The van der Waals surface area contributed by atoms with Gasteiger partial charge in [-0.15, -0.1) is 11.3 Å². The smallest absolute Gasteiger partial charge is 0.397 e. The van der Waals surface area contributed by atoms with E-state index in [1.165, 1.54) is 23.1 Å². The van der Waals surface area contributed by atoms with Crippen LogP contribution in [0, 0.1) is 13.8 Å². The highest BCUT2D eigenvalue weighted by atomic mass is 32.1. The molecule has 0 atom stereocenters. The number of fused-ring (bicyclic) bond motifs is 1. The zero-order chi connectivity index (χ0) is 16.9. The second-order valence-corrected chi connectivity index (χ2v) is 6.40. The standard InChI is InChI=1S/C15H16N4O3S/c1-5-8-6(2)9-10(16)13(23-14(9)17-7(8)3)12(20)11-15(21)22-18-19(11)4/h5H2,1-4H3,(H2-,16,18,20,21)/p+1. The number of nitrogen functional groups attached to an aromatic ring is 1. The molecule has 3 aromatic heterocycles. The van der Waals surface area contributed by atoms with Crippen LogP contribution in [-0.4, -0.2) is 16.0 Å². The Morgan fingerprint density at radius 2 is 2.13 bits per heavy atom. The summed E-state index contributed by atoms with van der Waals surface area (Å²) in [5.74, 6) is -0.460. The number of nitrogens with two attached hydrogens (primary N) is 1. The van der Waals surface area contributed by atoms with Gasteiger partial charge in [0.1, 0.15) is 9.71 Å². The van der Waals surface area contributed by atoms with Gasteiger partial charge in [0.2, 0.25) is 0 Å². The maximum Gasteiger partial charge on any atom is 0.438 e. The van der Waals surface area contributed by atoms with Gasteiger partial charge in [-0.1, -0.05) is 11.6 Å². The molecule has 0 unspecified atom stereocenters. The van der Waals surface area contributed by atoms with E-state index in [1.807, 2.05) is 13.8 Å². The number of pyridine rings is 1. The number of carbonyl (C=O) groups excluding carboxylic acids is 1. The minimum absolute atomic E-state index is 0.0895. The number of hydrogen-bond acceptors (Lipinski definition) is 6. The van der Waals surface area contributed by atoms with Gasteiger partial charge in [-0.05, 0) is 36.7 Å². The highest BCUT2D eigenvalue weighted by molar-refractivity contribution is 7.21. The van der Waals surface area contributed by atoms with Crippen LogP contribution < -0.4 is 16.0 Å². The molecule has 0 bridgehead atoms. The summed E-state index contributed by atoms with van der Waals surface area (Å²) in [6, 6.07) is 0. The van der Waals surface area contributed by atoms with Gasteiger partial charge in [-0.3, -0.25) is 9.32 Å². The largest absolute Gasteiger partial charge is 0.438 e. The second-order valence-electron chi connectivity index (χ2n) is 5.40. The Morgan fingerprint density at radius 3 is 2.70 bits per heavy atom. The van der Waals surface area contributed by atoms with Gasteiger partial charge in [0.15, 0.2) is 7.05 Å². The van der Waals surface area contributed by atoms with Crippen molar-refractivity contribution >= 4 is 33.0 Å². The highest BCUT2D eigenvalue weighted by Gasteiger charge is 2.32. The molecule has 3 aromatic rings. The first-order chi connectivity index (χ1) is 10.9. The Morgan fingerprint density at radius 1 is 1.43 bits per heavy atom. The van der Waals surface area contributed by atoms with Crippen molar-refractivity contribution in [3.8, 4) is 0 Å². The summed E-state index contributed by atoms with van der Waals surface area (Å²) in [5.41, 5.74) is 8.88. The second kappa shape index (κ2) is 5.31. The molecule has 0 saturated heterocycles. The van der Waals surface area contributed by atoms with E-state index in [9.17, 15) is 9.59 Å². The number of rotatable bonds is 3. The molecule has 3 heterocycles. The fourth-order valence-corrected chi connectivity index (χ4v) is 4.04. The minimum Gasteiger partial charge on any atom is -0.397 e. The summed E-state index contributed by atoms with van der Waals surface area (Å²) < 4.78 is 5.89. The lowest BCUT2D eigenvalue weighted by atomic mass is 10.0. The minimum atomic E-state index is -0.718. The number of ketones is 1. The maximum absolute atomic E-state index is 12.7. The van der Waals surface area contributed by atoms with Crippen LogP contribution >= 0.6 is 11.3 Å². The van der Waals surface area contributed by atoms with Crippen LogP contribution in [0.1, 0.15) is 39.1 Å². The molecule has 0 aliphatic rings. The molecule has 0 fully saturated rings. The lowest BCUT2D eigenvalue weighted by Crippen LogP contribution is -2.39. The van der Waals surface area contributed by atoms with Crippen LogP contribution in [0.2, 0.25) is 0 Å². The van der Waals surface area contributed by atoms with Crippen molar-refractivity contribution in [3.05, 3.63) is 37.8 Å². The van der Waals surface area contributed by atoms with E-state index >= 15 is 0 Å². The van der Waals surface area contributed by atoms with Crippen molar-refractivity contribution in [3.63, 3.8) is 0 Å². The number of nitrogens with zero attached hydrogens (tertiary/aromatic N) is 2. The molecular formula is C15H17N4O3S+. The summed E-state index contributed by atoms with van der Waals surface area (Å²) in [6.45, 7) is 5.99. The summed E-state index contributed by atoms with van der Waals surface area (Å²) in [4.78, 5) is 30.0. The molecule has 8 heteroatoms. The number of aryl methyl sites for hydroxylation is 3. The van der Waals surface area contributed by atoms with Crippen molar-refractivity contribution in [2.75, 3.05) is 5.73 Å². The topological polar surface area (TPSA) is 106 Å². The number of carbonyl (C=O) groups is 1. The number of aromatic amines is 1. The van der Waals surface area contributed by atoms with Crippen molar-refractivity contribution in [1.29, 1.82) is 0 Å². The average Bonchev–Trinajstić information content (AvgIpc) is 2.99. The lowest BCUT2D eigenvalue weighted by Gasteiger charge is -2.08. The molecule has 0 spiro atoms. The highest BCUT2D eigenvalue weighted by Crippen LogP contribution is 2.37. The predicted octanol–water partition coefficient (Wildman–Crippen LogP) is 1.39. The molecule has 120 valence electrons. The Bertz CT molecular complexity index is 996. The van der Waals surface area contributed by atoms with E-state index in [2.05, 4.69) is 21.7 Å². The van der Waals surface area contributed by atoms with Crippen LogP contribution in [0.15, 0.2) is 9.32 Å². The average molecular weight is 333 g/mol. The number of hydrogen-bond donors (Lipinski definition) is 2. The molecule has 3 N–H and O–H groups in total. The fourth-order valence-electron chi connectivity index (χ4n) is 2.90. The zero-order valence-corrected chi connectivity index (χ0v) is 14.1. The molecular weight excluding hydrogens is 316 g/mol. The molecule has 0 amide bonds. The number of aromatic nitrogens is 3. The number of thiophene rings is 1. The first-order valence-electron chi connectivity index (χ1n) is 7.17. The first kappa shape index (κ1) is 15.4. The number of anilines is 1. The molecule has 0 aliphatic heterocycles. The third-order valence-corrected chi connectivity index (χ3v) is 5.14. The molecule has 0 aliphatic carbocycles. The summed E-state index contributed by atoms with van der Waals surface area (Å²) in [6.07, 6.45) is 0.843. The molecule has 7 nitrogen and oxygen atoms in total. The van der Waals surface area contributed by atoms with E-state index in [0.717, 1.165) is 28.6 Å². The monoisotopic (exact) mass is 333 g/mol. The third-order valence-electron chi connectivity index (χ3n) is 4.04. The normalized spacial score (nSPS) is 11.3. The Kier molecular flexibility index (Phi) is 3.56. The van der Waals surface area contributed by atoms with Gasteiger partial charge < -0.3 is 5.73 Å². The molecule has 23 heavy (non-hydrogen) atoms. The van der Waals surface area contributed by atoms with Crippen molar-refractivity contribution in [1.82, 2.24) is 10.3 Å². The van der Waals surface area contributed by atoms with Crippen molar-refractivity contribution in [2.45, 2.75) is 27.2 Å². The van der Waals surface area contributed by atoms with Gasteiger partial charge in [-0.25, -0.2) is 9.78 Å². The first-order valence-corrected chi connectivity index (χ1v) is 7.98. The molecule has 0 saturated carbocycles. The lowest BCUT2D eigenvalue weighted by molar-refractivity contribution is -0.741. The van der Waals surface area contributed by atoms with E-state index < -0.39 is 11.4 Å². The van der Waals surface area contributed by atoms with Crippen molar-refractivity contribution in [2.24, 2.45) is 7.05 Å². The van der Waals surface area contributed by atoms with Crippen LogP contribution in [0.4, 0.5) is 5.69 Å². The van der Waals surface area contributed by atoms with Crippen LogP contribution in [0.5, 0.6) is 0 Å². The van der Waals surface area contributed by atoms with Crippen LogP contribution in [-0.2, 0) is 13.5 Å². The zero-order valence-electron chi connectivity index (χ0n) is 13.3. The molecule has 0 radical (unpaired) electrons. The van der Waals surface area contributed by atoms with E-state index in [0.29, 0.717) is 15.4 Å². The third kappa shape index (κ3) is 2.17. The molecule has 0 aromatic carbocycles. The summed E-state index contributed by atoms with van der Waals surface area (Å²) in [7, 11) is 1.53. The van der Waals surface area contributed by atoms with Crippen molar-refractivity contribution < 1.29 is 14.0 Å². The van der Waals surface area contributed by atoms with Gasteiger partial charge in [-0.2, -0.15) is 0 Å². The van der Waals surface area contributed by atoms with E-state index in [1.54, 1.807) is 0 Å². The van der Waals surface area contributed by atoms with E-state index in [-0.39, 0.29) is 5.69 Å². The predicted molar refractivity (Wildman–Crippen MR) is 86.8 cm³/mol. The Hall–Kier alpha value is -2.48. The van der Waals surface area contributed by atoms with Gasteiger partial charge in [0.05, 0.1) is 5.69 Å². The quantitative estimate of drug-likeness (QED) is 0.556. The van der Waals surface area contributed by atoms with Gasteiger partial charge in [0, 0.05) is 11.1 Å². The Balaban J connectivity index is 2.28. The van der Waals surface area contributed by atoms with E-state index in [4.69, 9.17) is 5.73 Å². The Labute approximate surface area is 135 Å². The fraction of sp³-hybridized carbons (Fsp3) is 0.333. The molecule has 3 rings (SSSR count).